The highest BCUT2D eigenvalue weighted by Gasteiger charge is 2.61. The van der Waals surface area contributed by atoms with Crippen LogP contribution < -0.4 is 0 Å². The topological polar surface area (TPSA) is 40.5 Å². The molecule has 0 radical (unpaired) electrons. The van der Waals surface area contributed by atoms with Crippen molar-refractivity contribution in [3.05, 3.63) is 37.5 Å². The van der Waals surface area contributed by atoms with Crippen LogP contribution in [0.15, 0.2) is 37.5 Å². The summed E-state index contributed by atoms with van der Waals surface area (Å²) in [4.78, 5) is 0. The first-order valence-corrected chi connectivity index (χ1v) is 4.48. The molecule has 0 aromatic rings. The molecule has 2 heteroatoms. The van der Waals surface area contributed by atoms with E-state index in [1.54, 1.807) is 0 Å². The zero-order valence-corrected chi connectivity index (χ0v) is 7.48. The van der Waals surface area contributed by atoms with Crippen molar-refractivity contribution in [2.75, 3.05) is 0 Å². The van der Waals surface area contributed by atoms with Gasteiger partial charge in [-0.15, -0.1) is 13.2 Å². The summed E-state index contributed by atoms with van der Waals surface area (Å²) in [5, 5.41) is 20.4. The number of aliphatic hydroxyl groups is 2. The largest absolute Gasteiger partial charge is 0.382 e. The second-order valence-electron chi connectivity index (χ2n) is 3.89. The van der Waals surface area contributed by atoms with Gasteiger partial charge in [0.25, 0.3) is 0 Å². The van der Waals surface area contributed by atoms with Crippen molar-refractivity contribution in [1.29, 1.82) is 0 Å². The number of hydrogen-bond donors (Lipinski definition) is 2. The monoisotopic (exact) mass is 178 g/mol. The minimum absolute atomic E-state index is 0.0157. The fourth-order valence-corrected chi connectivity index (χ4v) is 2.58. The maximum atomic E-state index is 10.2. The molecule has 2 aliphatic rings. The van der Waals surface area contributed by atoms with Gasteiger partial charge in [0.15, 0.2) is 0 Å². The molecule has 1 fully saturated rings. The average Bonchev–Trinajstić information content (AvgIpc) is 2.70. The molecule has 13 heavy (non-hydrogen) atoms. The lowest BCUT2D eigenvalue weighted by atomic mass is 9.75. The Hall–Kier alpha value is -0.860. The highest BCUT2D eigenvalue weighted by atomic mass is 16.4. The Kier molecular flexibility index (Phi) is 1.57. The Morgan fingerprint density at radius 3 is 1.77 bits per heavy atom. The number of rotatable bonds is 2. The number of hydrogen-bond acceptors (Lipinski definition) is 2. The van der Waals surface area contributed by atoms with Gasteiger partial charge in [0.1, 0.15) is 11.2 Å². The Bertz CT molecular complexity index is 266. The van der Waals surface area contributed by atoms with Gasteiger partial charge in [-0.1, -0.05) is 24.3 Å². The van der Waals surface area contributed by atoms with Gasteiger partial charge >= 0.3 is 0 Å². The molecule has 2 aliphatic carbocycles. The van der Waals surface area contributed by atoms with E-state index in [1.165, 1.54) is 12.2 Å². The smallest absolute Gasteiger partial charge is 0.121 e. The third kappa shape index (κ3) is 0.754. The first-order chi connectivity index (χ1) is 6.08. The lowest BCUT2D eigenvalue weighted by molar-refractivity contribution is -0.0975. The summed E-state index contributed by atoms with van der Waals surface area (Å²) in [6.07, 6.45) is 7.55. The van der Waals surface area contributed by atoms with Crippen LogP contribution in [-0.4, -0.2) is 21.4 Å². The lowest BCUT2D eigenvalue weighted by Gasteiger charge is -2.40. The second-order valence-corrected chi connectivity index (χ2v) is 3.89. The van der Waals surface area contributed by atoms with E-state index in [9.17, 15) is 10.2 Å². The van der Waals surface area contributed by atoms with Crippen molar-refractivity contribution in [3.8, 4) is 0 Å². The summed E-state index contributed by atoms with van der Waals surface area (Å²) >= 11 is 0. The van der Waals surface area contributed by atoms with Crippen molar-refractivity contribution in [1.82, 2.24) is 0 Å². The second kappa shape index (κ2) is 2.34. The molecular formula is C11H14O2. The molecule has 0 saturated heterocycles. The van der Waals surface area contributed by atoms with Crippen molar-refractivity contribution >= 4 is 0 Å². The van der Waals surface area contributed by atoms with Crippen LogP contribution in [0, 0.1) is 11.8 Å². The molecule has 4 atom stereocenters. The average molecular weight is 178 g/mol. The van der Waals surface area contributed by atoms with E-state index in [0.29, 0.717) is 0 Å². The first-order valence-electron chi connectivity index (χ1n) is 4.48. The molecule has 0 heterocycles. The van der Waals surface area contributed by atoms with Gasteiger partial charge in [0.05, 0.1) is 0 Å². The third-order valence-electron chi connectivity index (χ3n) is 3.48. The molecule has 2 rings (SSSR count). The van der Waals surface area contributed by atoms with Crippen LogP contribution in [0.5, 0.6) is 0 Å². The maximum absolute atomic E-state index is 10.2. The minimum Gasteiger partial charge on any atom is -0.382 e. The summed E-state index contributed by atoms with van der Waals surface area (Å²) in [5.74, 6) is -0.0315. The summed E-state index contributed by atoms with van der Waals surface area (Å²) in [6, 6.07) is 0. The molecule has 0 unspecified atom stereocenters. The summed E-state index contributed by atoms with van der Waals surface area (Å²) in [6.45, 7) is 7.17. The van der Waals surface area contributed by atoms with E-state index in [2.05, 4.69) is 13.2 Å². The van der Waals surface area contributed by atoms with Gasteiger partial charge in [0, 0.05) is 11.8 Å². The number of fused-ring (bicyclic) bond motifs is 2. The van der Waals surface area contributed by atoms with Crippen LogP contribution in [0.3, 0.4) is 0 Å². The summed E-state index contributed by atoms with van der Waals surface area (Å²) in [5.41, 5.74) is -2.46. The third-order valence-corrected chi connectivity index (χ3v) is 3.48. The molecule has 0 aromatic carbocycles. The van der Waals surface area contributed by atoms with E-state index in [4.69, 9.17) is 0 Å². The molecule has 0 aliphatic heterocycles. The Balaban J connectivity index is 2.53. The molecule has 0 aromatic heterocycles. The fraction of sp³-hybridized carbons (Fsp3) is 0.455. The zero-order valence-electron chi connectivity index (χ0n) is 7.48. The molecule has 2 N–H and O–H groups in total. The highest BCUT2D eigenvalue weighted by Crippen LogP contribution is 2.54. The summed E-state index contributed by atoms with van der Waals surface area (Å²) in [7, 11) is 0. The SMILES string of the molecule is C=C[C@@]1(O)[C@@H]2C=C[C@@H](C2)[C@@]1(O)C=C. The van der Waals surface area contributed by atoms with Crippen LogP contribution in [-0.2, 0) is 0 Å². The van der Waals surface area contributed by atoms with Gasteiger partial charge in [-0.3, -0.25) is 0 Å². The van der Waals surface area contributed by atoms with E-state index in [1.807, 2.05) is 12.2 Å². The van der Waals surface area contributed by atoms with Gasteiger partial charge in [-0.2, -0.15) is 0 Å². The van der Waals surface area contributed by atoms with Gasteiger partial charge in [-0.25, -0.2) is 0 Å². The van der Waals surface area contributed by atoms with Gasteiger partial charge in [0.2, 0.25) is 0 Å². The van der Waals surface area contributed by atoms with E-state index in [-0.39, 0.29) is 11.8 Å². The lowest BCUT2D eigenvalue weighted by Crippen LogP contribution is -2.54. The normalized spacial score (nSPS) is 52.5. The standard InChI is InChI=1S/C11H14O2/c1-3-10(12)8-5-6-9(7-8)11(10,13)4-2/h3-6,8-9,12-13H,1-2,7H2/t8-,9+,10-,11+. The molecule has 0 amide bonds. The fourth-order valence-electron chi connectivity index (χ4n) is 2.58. The Morgan fingerprint density at radius 2 is 1.46 bits per heavy atom. The van der Waals surface area contributed by atoms with Crippen LogP contribution in [0.2, 0.25) is 0 Å². The predicted octanol–water partition coefficient (Wildman–Crippen LogP) is 1.03. The highest BCUT2D eigenvalue weighted by molar-refractivity contribution is 5.35. The molecule has 1 saturated carbocycles. The molecule has 70 valence electrons. The van der Waals surface area contributed by atoms with Crippen molar-refractivity contribution in [2.45, 2.75) is 17.6 Å². The summed E-state index contributed by atoms with van der Waals surface area (Å²) < 4.78 is 0. The van der Waals surface area contributed by atoms with Crippen molar-refractivity contribution in [3.63, 3.8) is 0 Å². The van der Waals surface area contributed by atoms with Crippen LogP contribution in [0.4, 0.5) is 0 Å². The van der Waals surface area contributed by atoms with Crippen molar-refractivity contribution in [2.24, 2.45) is 11.8 Å². The minimum atomic E-state index is -1.23. The quantitative estimate of drug-likeness (QED) is 0.620. The molecular weight excluding hydrogens is 164 g/mol. The van der Waals surface area contributed by atoms with Crippen LogP contribution >= 0.6 is 0 Å². The van der Waals surface area contributed by atoms with E-state index in [0.717, 1.165) is 6.42 Å². The molecule has 2 nitrogen and oxygen atoms in total. The van der Waals surface area contributed by atoms with Crippen LogP contribution in [0.25, 0.3) is 0 Å². The van der Waals surface area contributed by atoms with E-state index >= 15 is 0 Å². The predicted molar refractivity (Wildman–Crippen MR) is 51.0 cm³/mol. The first kappa shape index (κ1) is 8.73. The van der Waals surface area contributed by atoms with Gasteiger partial charge < -0.3 is 10.2 Å². The Labute approximate surface area is 77.9 Å². The van der Waals surface area contributed by atoms with E-state index < -0.39 is 11.2 Å². The van der Waals surface area contributed by atoms with Crippen molar-refractivity contribution < 1.29 is 10.2 Å². The van der Waals surface area contributed by atoms with Crippen LogP contribution in [0.1, 0.15) is 6.42 Å². The molecule has 2 bridgehead atoms. The zero-order chi connectivity index (χ0) is 9.69. The van der Waals surface area contributed by atoms with Gasteiger partial charge in [-0.05, 0) is 6.42 Å². The maximum Gasteiger partial charge on any atom is 0.121 e. The Morgan fingerprint density at radius 1 is 1.08 bits per heavy atom. The molecule has 0 spiro atoms.